The lowest BCUT2D eigenvalue weighted by Crippen LogP contribution is -2.43. The Balaban J connectivity index is 2.14. The van der Waals surface area contributed by atoms with E-state index in [1.165, 1.54) is 0 Å². The molecule has 3 rings (SSSR count). The van der Waals surface area contributed by atoms with E-state index in [4.69, 9.17) is 5.73 Å². The number of hydrogen-bond acceptors (Lipinski definition) is 3. The van der Waals surface area contributed by atoms with Crippen molar-refractivity contribution in [2.45, 2.75) is 6.42 Å². The smallest absolute Gasteiger partial charge is 0.265 e. The lowest BCUT2D eigenvalue weighted by molar-refractivity contribution is -0.117. The van der Waals surface area contributed by atoms with Crippen LogP contribution < -0.4 is 10.6 Å². The van der Waals surface area contributed by atoms with Gasteiger partial charge in [0.15, 0.2) is 0 Å². The van der Waals surface area contributed by atoms with Gasteiger partial charge < -0.3 is 5.73 Å². The second-order valence-corrected chi connectivity index (χ2v) is 4.69. The third kappa shape index (κ3) is 2.05. The molecule has 0 aliphatic carbocycles. The Hall–Kier alpha value is -2.76. The topological polar surface area (TPSA) is 63.4 Å². The molecular formula is C15H10F2N2O2. The van der Waals surface area contributed by atoms with Crippen LogP contribution in [0.3, 0.4) is 0 Å². The summed E-state index contributed by atoms with van der Waals surface area (Å²) in [6.45, 7) is 0. The Morgan fingerprint density at radius 2 is 1.76 bits per heavy atom. The zero-order valence-corrected chi connectivity index (χ0v) is 10.8. The minimum Gasteiger partial charge on any atom is -0.396 e. The zero-order chi connectivity index (χ0) is 15.1. The van der Waals surface area contributed by atoms with Gasteiger partial charge in [0, 0.05) is 11.6 Å². The first kappa shape index (κ1) is 13.2. The van der Waals surface area contributed by atoms with Crippen LogP contribution in [0.15, 0.2) is 36.4 Å². The van der Waals surface area contributed by atoms with Crippen LogP contribution in [0.4, 0.5) is 20.2 Å². The molecule has 0 aromatic heterocycles. The molecule has 1 aliphatic heterocycles. The normalized spacial score (nSPS) is 14.3. The quantitative estimate of drug-likeness (QED) is 0.647. The maximum absolute atomic E-state index is 13.9. The molecule has 0 spiro atoms. The highest BCUT2D eigenvalue weighted by atomic mass is 19.1. The van der Waals surface area contributed by atoms with E-state index in [-0.39, 0.29) is 17.8 Å². The van der Waals surface area contributed by atoms with Gasteiger partial charge >= 0.3 is 0 Å². The van der Waals surface area contributed by atoms with Crippen molar-refractivity contribution in [3.8, 4) is 0 Å². The number of nitrogen functional groups attached to an aromatic ring is 1. The minimum atomic E-state index is -1.01. The van der Waals surface area contributed by atoms with Crippen LogP contribution >= 0.6 is 0 Å². The third-order valence-corrected chi connectivity index (χ3v) is 3.35. The molecule has 2 amide bonds. The van der Waals surface area contributed by atoms with Gasteiger partial charge in [0.1, 0.15) is 11.6 Å². The summed E-state index contributed by atoms with van der Waals surface area (Å²) in [5, 5.41) is 0. The van der Waals surface area contributed by atoms with Crippen molar-refractivity contribution in [3.63, 3.8) is 0 Å². The first-order valence-corrected chi connectivity index (χ1v) is 6.18. The standard InChI is InChI=1S/C15H10F2N2O2/c16-10-6-11(17)13(7-12(10)18)19-14(20)5-8-3-1-2-4-9(8)15(19)21/h1-4,6-7H,5,18H2. The SMILES string of the molecule is Nc1cc(N2C(=O)Cc3ccccc3C2=O)c(F)cc1F. The number of anilines is 2. The number of nitrogens with zero attached hydrogens (tertiary/aromatic N) is 1. The van der Waals surface area contributed by atoms with Gasteiger partial charge in [0.2, 0.25) is 5.91 Å². The number of benzene rings is 2. The van der Waals surface area contributed by atoms with E-state index in [1.807, 2.05) is 0 Å². The maximum Gasteiger partial charge on any atom is 0.265 e. The second-order valence-electron chi connectivity index (χ2n) is 4.69. The van der Waals surface area contributed by atoms with Crippen LogP contribution in [0, 0.1) is 11.6 Å². The van der Waals surface area contributed by atoms with E-state index in [2.05, 4.69) is 0 Å². The van der Waals surface area contributed by atoms with Crippen molar-refractivity contribution in [1.29, 1.82) is 0 Å². The summed E-state index contributed by atoms with van der Waals surface area (Å²) in [5.41, 5.74) is 5.63. The number of fused-ring (bicyclic) bond motifs is 1. The molecule has 0 fully saturated rings. The highest BCUT2D eigenvalue weighted by Crippen LogP contribution is 2.30. The van der Waals surface area contributed by atoms with Crippen LogP contribution in [0.25, 0.3) is 0 Å². The number of rotatable bonds is 1. The van der Waals surface area contributed by atoms with E-state index >= 15 is 0 Å². The second kappa shape index (κ2) is 4.66. The number of nitrogens with two attached hydrogens (primary N) is 1. The molecule has 0 saturated carbocycles. The van der Waals surface area contributed by atoms with E-state index in [0.717, 1.165) is 6.07 Å². The largest absolute Gasteiger partial charge is 0.396 e. The van der Waals surface area contributed by atoms with Gasteiger partial charge in [-0.3, -0.25) is 9.59 Å². The van der Waals surface area contributed by atoms with Gasteiger partial charge in [-0.1, -0.05) is 18.2 Å². The highest BCUT2D eigenvalue weighted by Gasteiger charge is 2.33. The molecule has 2 aromatic carbocycles. The molecule has 0 bridgehead atoms. The van der Waals surface area contributed by atoms with Crippen molar-refractivity contribution >= 4 is 23.2 Å². The maximum atomic E-state index is 13.9. The summed E-state index contributed by atoms with van der Waals surface area (Å²) >= 11 is 0. The first-order valence-electron chi connectivity index (χ1n) is 6.18. The van der Waals surface area contributed by atoms with E-state index in [9.17, 15) is 18.4 Å². The summed E-state index contributed by atoms with van der Waals surface area (Å²) in [6, 6.07) is 8.10. The minimum absolute atomic E-state index is 0.0291. The monoisotopic (exact) mass is 288 g/mol. The van der Waals surface area contributed by atoms with Gasteiger partial charge in [-0.2, -0.15) is 0 Å². The van der Waals surface area contributed by atoms with Gasteiger partial charge in [-0.05, 0) is 17.7 Å². The predicted octanol–water partition coefficient (Wildman–Crippen LogP) is 2.28. The summed E-state index contributed by atoms with van der Waals surface area (Å²) in [5.74, 6) is -3.17. The molecule has 0 unspecified atom stereocenters. The molecule has 106 valence electrons. The highest BCUT2D eigenvalue weighted by molar-refractivity contribution is 6.24. The molecule has 2 aromatic rings. The Morgan fingerprint density at radius 1 is 1.05 bits per heavy atom. The van der Waals surface area contributed by atoms with Gasteiger partial charge in [0.05, 0.1) is 17.8 Å². The predicted molar refractivity (Wildman–Crippen MR) is 72.7 cm³/mol. The summed E-state index contributed by atoms with van der Waals surface area (Å²) < 4.78 is 27.1. The zero-order valence-electron chi connectivity index (χ0n) is 10.8. The van der Waals surface area contributed by atoms with Gasteiger partial charge in [-0.25, -0.2) is 13.7 Å². The summed E-state index contributed by atoms with van der Waals surface area (Å²) in [4.78, 5) is 25.2. The number of hydrogen-bond donors (Lipinski definition) is 1. The van der Waals surface area contributed by atoms with Crippen molar-refractivity contribution in [2.75, 3.05) is 10.6 Å². The first-order chi connectivity index (χ1) is 9.99. The molecule has 6 heteroatoms. The number of halogens is 2. The lowest BCUT2D eigenvalue weighted by atomic mass is 9.98. The Bertz CT molecular complexity index is 774. The molecule has 0 atom stereocenters. The fourth-order valence-electron chi connectivity index (χ4n) is 2.33. The van der Waals surface area contributed by atoms with Crippen molar-refractivity contribution in [2.24, 2.45) is 0 Å². The third-order valence-electron chi connectivity index (χ3n) is 3.35. The molecule has 1 heterocycles. The number of amides is 2. The van der Waals surface area contributed by atoms with Crippen molar-refractivity contribution < 1.29 is 18.4 Å². The molecule has 1 aliphatic rings. The van der Waals surface area contributed by atoms with E-state index in [1.54, 1.807) is 24.3 Å². The summed E-state index contributed by atoms with van der Waals surface area (Å²) in [7, 11) is 0. The summed E-state index contributed by atoms with van der Waals surface area (Å²) in [6.07, 6.45) is -0.0291. The Labute approximate surface area is 118 Å². The van der Waals surface area contributed by atoms with Crippen LogP contribution in [-0.4, -0.2) is 11.8 Å². The van der Waals surface area contributed by atoms with Gasteiger partial charge in [0.25, 0.3) is 5.91 Å². The van der Waals surface area contributed by atoms with Crippen molar-refractivity contribution in [3.05, 3.63) is 59.2 Å². The fourth-order valence-corrected chi connectivity index (χ4v) is 2.33. The Morgan fingerprint density at radius 3 is 2.52 bits per heavy atom. The number of imide groups is 1. The molecule has 0 saturated heterocycles. The Kier molecular flexibility index (Phi) is 2.94. The fraction of sp³-hybridized carbons (Fsp3) is 0.0667. The average Bonchev–Trinajstić information content (AvgIpc) is 2.44. The van der Waals surface area contributed by atoms with Crippen LogP contribution in [0.1, 0.15) is 15.9 Å². The van der Waals surface area contributed by atoms with E-state index < -0.39 is 23.4 Å². The molecule has 2 N–H and O–H groups in total. The molecule has 0 radical (unpaired) electrons. The number of carbonyl (C=O) groups is 2. The average molecular weight is 288 g/mol. The van der Waals surface area contributed by atoms with Crippen molar-refractivity contribution in [1.82, 2.24) is 0 Å². The lowest BCUT2D eigenvalue weighted by Gasteiger charge is -2.27. The van der Waals surface area contributed by atoms with Crippen LogP contribution in [0.2, 0.25) is 0 Å². The van der Waals surface area contributed by atoms with Gasteiger partial charge in [-0.15, -0.1) is 0 Å². The van der Waals surface area contributed by atoms with Crippen LogP contribution in [0.5, 0.6) is 0 Å². The van der Waals surface area contributed by atoms with E-state index in [0.29, 0.717) is 22.1 Å². The van der Waals surface area contributed by atoms with Crippen LogP contribution in [-0.2, 0) is 11.2 Å². The molecule has 4 nitrogen and oxygen atoms in total. The molecule has 21 heavy (non-hydrogen) atoms. The molecular weight excluding hydrogens is 278 g/mol. The number of carbonyl (C=O) groups excluding carboxylic acids is 2.